The zero-order chi connectivity index (χ0) is 17.4. The molecule has 0 unspecified atom stereocenters. The summed E-state index contributed by atoms with van der Waals surface area (Å²) in [7, 11) is 0. The van der Waals surface area contributed by atoms with Gasteiger partial charge in [0.25, 0.3) is 0 Å². The minimum atomic E-state index is -0.319. The number of fused-ring (bicyclic) bond motifs is 3. The summed E-state index contributed by atoms with van der Waals surface area (Å²) in [6.07, 6.45) is 0. The molecule has 124 valence electrons. The fourth-order valence-electron chi connectivity index (χ4n) is 2.60. The Kier molecular flexibility index (Phi) is 3.70. The van der Waals surface area contributed by atoms with Crippen LogP contribution in [0.15, 0.2) is 59.0 Å². The Hall–Kier alpha value is -3.19. The number of aromatic nitrogens is 1. The molecule has 0 saturated carbocycles. The summed E-state index contributed by atoms with van der Waals surface area (Å²) in [6.45, 7) is 0. The Morgan fingerprint density at radius 2 is 1.88 bits per heavy atom. The van der Waals surface area contributed by atoms with Gasteiger partial charge in [0, 0.05) is 15.6 Å². The topological polar surface area (TPSA) is 86.5 Å². The molecule has 2 heterocycles. The number of amidine groups is 1. The van der Waals surface area contributed by atoms with E-state index in [1.165, 1.54) is 12.1 Å². The molecule has 0 fully saturated rings. The van der Waals surface area contributed by atoms with Crippen molar-refractivity contribution in [1.29, 1.82) is 0 Å². The predicted molar refractivity (Wildman–Crippen MR) is 98.5 cm³/mol. The van der Waals surface area contributed by atoms with Crippen LogP contribution in [0.4, 0.5) is 4.39 Å². The average molecular weight is 352 g/mol. The number of nitrogens with two attached hydrogens (primary N) is 2. The first-order valence-corrected chi connectivity index (χ1v) is 8.32. The van der Waals surface area contributed by atoms with Crippen molar-refractivity contribution in [2.24, 2.45) is 16.7 Å². The van der Waals surface area contributed by atoms with Gasteiger partial charge >= 0.3 is 0 Å². The van der Waals surface area contributed by atoms with Gasteiger partial charge in [-0.05, 0) is 41.8 Å². The number of nitrogens with zero attached hydrogens (tertiary/aromatic N) is 2. The van der Waals surface area contributed by atoms with Crippen molar-refractivity contribution >= 4 is 38.2 Å². The molecule has 0 radical (unpaired) electrons. The van der Waals surface area contributed by atoms with E-state index in [-0.39, 0.29) is 11.7 Å². The van der Waals surface area contributed by atoms with Crippen LogP contribution in [0.5, 0.6) is 11.6 Å². The van der Waals surface area contributed by atoms with Crippen molar-refractivity contribution in [1.82, 2.24) is 4.98 Å². The number of hydrogen-bond acceptors (Lipinski definition) is 5. The number of benzene rings is 2. The first kappa shape index (κ1) is 15.3. The fourth-order valence-corrected chi connectivity index (χ4v) is 3.52. The van der Waals surface area contributed by atoms with Crippen molar-refractivity contribution < 1.29 is 9.13 Å². The van der Waals surface area contributed by atoms with Crippen LogP contribution in [0.2, 0.25) is 0 Å². The number of pyridine rings is 1. The zero-order valence-corrected chi connectivity index (χ0v) is 13.8. The minimum absolute atomic E-state index is 0.232. The van der Waals surface area contributed by atoms with E-state index in [0.717, 1.165) is 21.0 Å². The smallest absolute Gasteiger partial charge is 0.228 e. The molecule has 0 aliphatic rings. The maximum atomic E-state index is 13.1. The van der Waals surface area contributed by atoms with Crippen molar-refractivity contribution in [3.05, 3.63) is 65.3 Å². The van der Waals surface area contributed by atoms with Gasteiger partial charge in [-0.3, -0.25) is 0 Å². The van der Waals surface area contributed by atoms with Gasteiger partial charge in [0.1, 0.15) is 17.4 Å². The quantitative estimate of drug-likeness (QED) is 0.253. The molecule has 0 atom stereocenters. The molecule has 25 heavy (non-hydrogen) atoms. The number of hydrogen-bond donors (Lipinski definition) is 2. The second-order valence-electron chi connectivity index (χ2n) is 5.38. The van der Waals surface area contributed by atoms with E-state index in [1.54, 1.807) is 23.5 Å². The molecule has 2 aromatic heterocycles. The Labute approximate surface area is 146 Å². The van der Waals surface area contributed by atoms with Crippen LogP contribution in [0.1, 0.15) is 5.56 Å². The SMILES string of the molecule is N/N=C(\N)c1ccc2c(c1)nc(Oc1ccc(F)cc1)c1ccsc12. The van der Waals surface area contributed by atoms with E-state index < -0.39 is 0 Å². The van der Waals surface area contributed by atoms with Crippen LogP contribution in [0, 0.1) is 5.82 Å². The summed E-state index contributed by atoms with van der Waals surface area (Å²) in [5, 5.41) is 7.39. The third-order valence-electron chi connectivity index (χ3n) is 3.82. The number of rotatable bonds is 3. The third-order valence-corrected chi connectivity index (χ3v) is 4.77. The van der Waals surface area contributed by atoms with E-state index in [4.69, 9.17) is 16.3 Å². The molecule has 0 bridgehead atoms. The lowest BCUT2D eigenvalue weighted by molar-refractivity contribution is 0.469. The van der Waals surface area contributed by atoms with Crippen molar-refractivity contribution in [2.75, 3.05) is 0 Å². The monoisotopic (exact) mass is 352 g/mol. The van der Waals surface area contributed by atoms with Crippen LogP contribution >= 0.6 is 11.3 Å². The summed E-state index contributed by atoms with van der Waals surface area (Å²) in [5.41, 5.74) is 7.19. The Morgan fingerprint density at radius 1 is 1.08 bits per heavy atom. The van der Waals surface area contributed by atoms with E-state index >= 15 is 0 Å². The molecule has 4 rings (SSSR count). The lowest BCUT2D eigenvalue weighted by Gasteiger charge is -2.09. The molecule has 5 nitrogen and oxygen atoms in total. The largest absolute Gasteiger partial charge is 0.438 e. The van der Waals surface area contributed by atoms with Crippen LogP contribution in [0.25, 0.3) is 21.0 Å². The molecule has 4 aromatic rings. The summed E-state index contributed by atoms with van der Waals surface area (Å²) in [5.74, 6) is 6.14. The van der Waals surface area contributed by atoms with Gasteiger partial charge in [-0.25, -0.2) is 9.37 Å². The fraction of sp³-hybridized carbons (Fsp3) is 0. The molecule has 0 aliphatic heterocycles. The Bertz CT molecular complexity index is 1110. The summed E-state index contributed by atoms with van der Waals surface area (Å²) >= 11 is 1.60. The lowest BCUT2D eigenvalue weighted by atomic mass is 10.1. The Balaban J connectivity index is 1.89. The van der Waals surface area contributed by atoms with Gasteiger partial charge in [0.2, 0.25) is 5.88 Å². The standard InChI is InChI=1S/C18H13FN4OS/c19-11-2-4-12(5-3-11)24-18-14-7-8-25-16(14)13-6-1-10(17(20)23-21)9-15(13)22-18/h1-9H,21H2,(H2,20,23). The first-order valence-electron chi connectivity index (χ1n) is 7.44. The third kappa shape index (κ3) is 2.74. The molecule has 0 spiro atoms. The molecule has 0 saturated heterocycles. The highest BCUT2D eigenvalue weighted by Crippen LogP contribution is 2.36. The predicted octanol–water partition coefficient (Wildman–Crippen LogP) is 3.96. The summed E-state index contributed by atoms with van der Waals surface area (Å²) in [6, 6.07) is 13.4. The molecule has 0 aliphatic carbocycles. The van der Waals surface area contributed by atoms with Crippen molar-refractivity contribution in [3.63, 3.8) is 0 Å². The normalized spacial score (nSPS) is 12.0. The summed E-state index contributed by atoms with van der Waals surface area (Å²) in [4.78, 5) is 4.61. The average Bonchev–Trinajstić information content (AvgIpc) is 3.13. The van der Waals surface area contributed by atoms with Gasteiger partial charge in [-0.15, -0.1) is 11.3 Å². The second-order valence-corrected chi connectivity index (χ2v) is 6.30. The second kappa shape index (κ2) is 6.03. The molecule has 7 heteroatoms. The van der Waals surface area contributed by atoms with Crippen LogP contribution in [0.3, 0.4) is 0 Å². The van der Waals surface area contributed by atoms with Gasteiger partial charge in [-0.2, -0.15) is 5.10 Å². The van der Waals surface area contributed by atoms with Crippen molar-refractivity contribution in [3.8, 4) is 11.6 Å². The van der Waals surface area contributed by atoms with Crippen LogP contribution in [-0.4, -0.2) is 10.8 Å². The highest BCUT2D eigenvalue weighted by molar-refractivity contribution is 7.18. The highest BCUT2D eigenvalue weighted by atomic mass is 32.1. The number of thiophene rings is 1. The van der Waals surface area contributed by atoms with Gasteiger partial charge in [0.15, 0.2) is 0 Å². The van der Waals surface area contributed by atoms with Crippen LogP contribution in [-0.2, 0) is 0 Å². The van der Waals surface area contributed by atoms with E-state index in [1.807, 2.05) is 29.6 Å². The molecular formula is C18H13FN4OS. The van der Waals surface area contributed by atoms with Crippen LogP contribution < -0.4 is 16.3 Å². The van der Waals surface area contributed by atoms with Gasteiger partial charge in [0.05, 0.1) is 10.9 Å². The van der Waals surface area contributed by atoms with E-state index in [9.17, 15) is 4.39 Å². The summed E-state index contributed by atoms with van der Waals surface area (Å²) < 4.78 is 20.0. The zero-order valence-electron chi connectivity index (χ0n) is 12.9. The maximum Gasteiger partial charge on any atom is 0.228 e. The molecular weight excluding hydrogens is 339 g/mol. The Morgan fingerprint density at radius 3 is 2.64 bits per heavy atom. The minimum Gasteiger partial charge on any atom is -0.438 e. The van der Waals surface area contributed by atoms with E-state index in [2.05, 4.69) is 10.1 Å². The molecule has 0 amide bonds. The lowest BCUT2D eigenvalue weighted by Crippen LogP contribution is -2.15. The van der Waals surface area contributed by atoms with E-state index in [0.29, 0.717) is 17.2 Å². The van der Waals surface area contributed by atoms with Gasteiger partial charge in [-0.1, -0.05) is 12.1 Å². The number of halogens is 1. The highest BCUT2D eigenvalue weighted by Gasteiger charge is 2.13. The number of hydrazone groups is 1. The first-order chi connectivity index (χ1) is 12.2. The van der Waals surface area contributed by atoms with Crippen molar-refractivity contribution in [2.45, 2.75) is 0 Å². The molecule has 2 aromatic carbocycles. The molecule has 4 N–H and O–H groups in total. The number of ether oxygens (including phenoxy) is 1. The maximum absolute atomic E-state index is 13.1. The van der Waals surface area contributed by atoms with Gasteiger partial charge < -0.3 is 16.3 Å².